The summed E-state index contributed by atoms with van der Waals surface area (Å²) in [4.78, 5) is 21.7. The van der Waals surface area contributed by atoms with E-state index in [2.05, 4.69) is 16.9 Å². The Morgan fingerprint density at radius 1 is 1.42 bits per heavy atom. The number of rotatable bonds is 2. The van der Waals surface area contributed by atoms with E-state index < -0.39 is 0 Å². The van der Waals surface area contributed by atoms with Crippen LogP contribution in [0.2, 0.25) is 0 Å². The van der Waals surface area contributed by atoms with E-state index in [4.69, 9.17) is 0 Å². The van der Waals surface area contributed by atoms with Gasteiger partial charge in [0.05, 0.1) is 17.4 Å². The molecule has 1 amide bonds. The third kappa shape index (κ3) is 2.35. The molecule has 0 spiro atoms. The van der Waals surface area contributed by atoms with Gasteiger partial charge in [0.2, 0.25) is 0 Å². The molecule has 1 aliphatic rings. The molecule has 3 rings (SSSR count). The maximum Gasteiger partial charge on any atom is 0.253 e. The number of aromatic amines is 1. The molecule has 19 heavy (non-hydrogen) atoms. The van der Waals surface area contributed by atoms with E-state index in [1.807, 2.05) is 23.1 Å². The zero-order chi connectivity index (χ0) is 13.2. The number of carbonyl (C=O) groups excluding carboxylic acids is 1. The number of aromatic nitrogens is 2. The van der Waals surface area contributed by atoms with Gasteiger partial charge >= 0.3 is 0 Å². The summed E-state index contributed by atoms with van der Waals surface area (Å²) in [6.07, 6.45) is 5.15. The molecule has 0 saturated carbocycles. The maximum atomic E-state index is 12.5. The molecule has 0 bridgehead atoms. The number of nitrogens with one attached hydrogen (secondary N) is 1. The fraction of sp³-hybridized carbons (Fsp3) is 0.467. The summed E-state index contributed by atoms with van der Waals surface area (Å²) >= 11 is 0. The number of imidazole rings is 1. The molecule has 1 aromatic heterocycles. The number of likely N-dealkylation sites (tertiary alicyclic amines) is 1. The van der Waals surface area contributed by atoms with Crippen molar-refractivity contribution in [3.05, 3.63) is 30.1 Å². The molecule has 0 unspecified atom stereocenters. The van der Waals surface area contributed by atoms with Gasteiger partial charge in [-0.15, -0.1) is 0 Å². The fourth-order valence-electron chi connectivity index (χ4n) is 2.80. The first-order valence-electron chi connectivity index (χ1n) is 7.00. The lowest BCUT2D eigenvalue weighted by atomic mass is 9.94. The molecule has 100 valence electrons. The summed E-state index contributed by atoms with van der Waals surface area (Å²) in [6, 6.07) is 5.67. The van der Waals surface area contributed by atoms with Crippen molar-refractivity contribution < 1.29 is 4.79 Å². The van der Waals surface area contributed by atoms with E-state index in [9.17, 15) is 4.79 Å². The highest BCUT2D eigenvalue weighted by Gasteiger charge is 2.22. The molecule has 1 saturated heterocycles. The molecule has 1 fully saturated rings. The van der Waals surface area contributed by atoms with Crippen molar-refractivity contribution in [3.8, 4) is 0 Å². The summed E-state index contributed by atoms with van der Waals surface area (Å²) < 4.78 is 0. The van der Waals surface area contributed by atoms with Gasteiger partial charge in [-0.3, -0.25) is 4.79 Å². The molecule has 1 N–H and O–H groups in total. The number of fused-ring (bicyclic) bond motifs is 1. The van der Waals surface area contributed by atoms with Crippen molar-refractivity contribution in [2.45, 2.75) is 26.2 Å². The minimum atomic E-state index is 0.144. The highest BCUT2D eigenvalue weighted by atomic mass is 16.2. The molecule has 4 heteroatoms. The van der Waals surface area contributed by atoms with Crippen LogP contribution in [-0.2, 0) is 0 Å². The van der Waals surface area contributed by atoms with E-state index in [-0.39, 0.29) is 5.91 Å². The lowest BCUT2D eigenvalue weighted by molar-refractivity contribution is 0.0689. The summed E-state index contributed by atoms with van der Waals surface area (Å²) in [7, 11) is 0. The quantitative estimate of drug-likeness (QED) is 0.899. The molecule has 2 heterocycles. The van der Waals surface area contributed by atoms with Crippen molar-refractivity contribution in [3.63, 3.8) is 0 Å². The molecule has 2 aromatic rings. The van der Waals surface area contributed by atoms with E-state index in [1.165, 1.54) is 6.42 Å². The molecule has 4 nitrogen and oxygen atoms in total. The summed E-state index contributed by atoms with van der Waals surface area (Å²) in [6.45, 7) is 4.00. The predicted octanol–water partition coefficient (Wildman–Crippen LogP) is 2.83. The number of carbonyl (C=O) groups is 1. The molecule has 0 radical (unpaired) electrons. The van der Waals surface area contributed by atoms with E-state index in [0.29, 0.717) is 0 Å². The number of H-pyrrole nitrogens is 1. The maximum absolute atomic E-state index is 12.5. The molecule has 1 aromatic carbocycles. The third-order valence-corrected chi connectivity index (χ3v) is 4.15. The minimum absolute atomic E-state index is 0.144. The average Bonchev–Trinajstić information content (AvgIpc) is 2.94. The Hall–Kier alpha value is -1.84. The fourth-order valence-corrected chi connectivity index (χ4v) is 2.80. The second-order valence-electron chi connectivity index (χ2n) is 5.28. The molecule has 0 atom stereocenters. The lowest BCUT2D eigenvalue weighted by Crippen LogP contribution is -2.38. The Labute approximate surface area is 112 Å². The highest BCUT2D eigenvalue weighted by Crippen LogP contribution is 2.22. The van der Waals surface area contributed by atoms with Gasteiger partial charge in [-0.05, 0) is 37.0 Å². The standard InChI is InChI=1S/C15H19N3O/c1-2-11-5-7-18(8-6-11)15(19)12-3-4-13-14(9-12)17-10-16-13/h3-4,9-11H,2,5-8H2,1H3,(H,16,17). The van der Waals surface area contributed by atoms with Crippen molar-refractivity contribution in [2.75, 3.05) is 13.1 Å². The van der Waals surface area contributed by atoms with Crippen molar-refractivity contribution in [2.24, 2.45) is 5.92 Å². The Kier molecular flexibility index (Phi) is 3.23. The topological polar surface area (TPSA) is 49.0 Å². The first-order valence-corrected chi connectivity index (χ1v) is 7.00. The monoisotopic (exact) mass is 257 g/mol. The normalized spacial score (nSPS) is 17.0. The van der Waals surface area contributed by atoms with Gasteiger partial charge in [0, 0.05) is 18.7 Å². The van der Waals surface area contributed by atoms with Crippen molar-refractivity contribution >= 4 is 16.9 Å². The first-order chi connectivity index (χ1) is 9.28. The minimum Gasteiger partial charge on any atom is -0.345 e. The number of hydrogen-bond acceptors (Lipinski definition) is 2. The molecule has 0 aliphatic carbocycles. The number of benzene rings is 1. The van der Waals surface area contributed by atoms with E-state index in [0.717, 1.165) is 48.4 Å². The van der Waals surface area contributed by atoms with Crippen LogP contribution in [0.1, 0.15) is 36.5 Å². The number of piperidine rings is 1. The van der Waals surface area contributed by atoms with Crippen LogP contribution < -0.4 is 0 Å². The van der Waals surface area contributed by atoms with Gasteiger partial charge in [-0.1, -0.05) is 13.3 Å². The van der Waals surface area contributed by atoms with Gasteiger partial charge in [0.25, 0.3) is 5.91 Å². The Morgan fingerprint density at radius 2 is 2.21 bits per heavy atom. The lowest BCUT2D eigenvalue weighted by Gasteiger charge is -2.31. The van der Waals surface area contributed by atoms with Gasteiger partial charge in [0.1, 0.15) is 0 Å². The molecular formula is C15H19N3O. The predicted molar refractivity (Wildman–Crippen MR) is 75.0 cm³/mol. The van der Waals surface area contributed by atoms with E-state index in [1.54, 1.807) is 6.33 Å². The van der Waals surface area contributed by atoms with E-state index >= 15 is 0 Å². The Balaban J connectivity index is 1.76. The Bertz CT molecular complexity index is 582. The van der Waals surface area contributed by atoms with Crippen molar-refractivity contribution in [1.29, 1.82) is 0 Å². The van der Waals surface area contributed by atoms with Crippen LogP contribution in [0.5, 0.6) is 0 Å². The van der Waals surface area contributed by atoms with Gasteiger partial charge in [-0.25, -0.2) is 4.98 Å². The number of hydrogen-bond donors (Lipinski definition) is 1. The largest absolute Gasteiger partial charge is 0.345 e. The second kappa shape index (κ2) is 5.03. The van der Waals surface area contributed by atoms with Crippen LogP contribution in [-0.4, -0.2) is 33.9 Å². The van der Waals surface area contributed by atoms with Crippen LogP contribution in [0.15, 0.2) is 24.5 Å². The molecule has 1 aliphatic heterocycles. The third-order valence-electron chi connectivity index (χ3n) is 4.15. The van der Waals surface area contributed by atoms with Gasteiger partial charge < -0.3 is 9.88 Å². The average molecular weight is 257 g/mol. The summed E-state index contributed by atoms with van der Waals surface area (Å²) in [5.41, 5.74) is 2.59. The van der Waals surface area contributed by atoms with Gasteiger partial charge in [-0.2, -0.15) is 0 Å². The smallest absolute Gasteiger partial charge is 0.253 e. The van der Waals surface area contributed by atoms with Crippen molar-refractivity contribution in [1.82, 2.24) is 14.9 Å². The second-order valence-corrected chi connectivity index (χ2v) is 5.28. The van der Waals surface area contributed by atoms with Crippen LogP contribution >= 0.6 is 0 Å². The van der Waals surface area contributed by atoms with Crippen LogP contribution in [0, 0.1) is 5.92 Å². The summed E-state index contributed by atoms with van der Waals surface area (Å²) in [5.74, 6) is 0.935. The zero-order valence-corrected chi connectivity index (χ0v) is 11.2. The SMILES string of the molecule is CCC1CCN(C(=O)c2ccc3nc[nH]c3c2)CC1. The first kappa shape index (κ1) is 12.2. The van der Waals surface area contributed by atoms with Gasteiger partial charge in [0.15, 0.2) is 0 Å². The highest BCUT2D eigenvalue weighted by molar-refractivity contribution is 5.97. The summed E-state index contributed by atoms with van der Waals surface area (Å²) in [5, 5.41) is 0. The number of amides is 1. The van der Waals surface area contributed by atoms with Crippen LogP contribution in [0.4, 0.5) is 0 Å². The van der Waals surface area contributed by atoms with Crippen LogP contribution in [0.3, 0.4) is 0 Å². The molecular weight excluding hydrogens is 238 g/mol. The van der Waals surface area contributed by atoms with Crippen LogP contribution in [0.25, 0.3) is 11.0 Å². The zero-order valence-electron chi connectivity index (χ0n) is 11.2. The Morgan fingerprint density at radius 3 is 2.95 bits per heavy atom. The number of nitrogens with zero attached hydrogens (tertiary/aromatic N) is 2.